The van der Waals surface area contributed by atoms with Crippen molar-refractivity contribution in [2.75, 3.05) is 13.6 Å². The van der Waals surface area contributed by atoms with Crippen LogP contribution in [0.4, 0.5) is 0 Å². The Kier molecular flexibility index (Phi) is 6.32. The van der Waals surface area contributed by atoms with Crippen molar-refractivity contribution >= 4 is 21.2 Å². The van der Waals surface area contributed by atoms with Crippen LogP contribution in [0.1, 0.15) is 12.8 Å². The van der Waals surface area contributed by atoms with Gasteiger partial charge in [0.25, 0.3) is 0 Å². The van der Waals surface area contributed by atoms with Crippen LogP contribution in [0.15, 0.2) is 0 Å². The van der Waals surface area contributed by atoms with Crippen LogP contribution in [-0.4, -0.2) is 55.2 Å². The van der Waals surface area contributed by atoms with E-state index in [1.807, 2.05) is 5.32 Å². The molecule has 19 heavy (non-hydrogen) atoms. The summed E-state index contributed by atoms with van der Waals surface area (Å²) in [6.07, 6.45) is -0.439. The van der Waals surface area contributed by atoms with E-state index in [9.17, 15) is 33.5 Å². The summed E-state index contributed by atoms with van der Waals surface area (Å²) in [4.78, 5) is 48.1. The van der Waals surface area contributed by atoms with Crippen LogP contribution < -0.4 is 11.1 Å². The number of rotatable bonds is 8. The number of hydrogen-bond donors (Lipinski definition) is 7. The number of aliphatic carboxylic acids is 1. The molecule has 0 spiro atoms. The lowest BCUT2D eigenvalue weighted by atomic mass is 10.1. The first-order valence-corrected chi connectivity index (χ1v) is 8.47. The Morgan fingerprint density at radius 2 is 1.79 bits per heavy atom. The number of nitrogens with one attached hydrogen (secondary N) is 1. The molecule has 114 valence electrons. The van der Waals surface area contributed by atoms with E-state index in [0.717, 1.165) is 7.05 Å². The molecule has 0 saturated heterocycles. The second-order valence-corrected chi connectivity index (χ2v) is 7.50. The van der Waals surface area contributed by atoms with Crippen molar-refractivity contribution in [3.8, 4) is 0 Å². The number of carboxylic acid groups (broad SMARTS) is 1. The third-order valence-corrected chi connectivity index (χ3v) is 6.04. The molecule has 0 aliphatic heterocycles. The molecule has 0 bridgehead atoms. The monoisotopic (exact) mass is 320 g/mol. The minimum absolute atomic E-state index is 0.00290. The average Bonchev–Trinajstić information content (AvgIpc) is 2.19. The standard InChI is InChI=1S/C7H18N2O8P2/c1-9-7(6(10)11,19(15,16)17)5(3-2-4-8)18(12,13)14/h5,9H,2-4,8H2,1H3,(H,10,11)(H2,12,13,14)(H2,15,16,17)/t5?,7-/m1/s1. The van der Waals surface area contributed by atoms with Crippen molar-refractivity contribution < 1.29 is 38.6 Å². The summed E-state index contributed by atoms with van der Waals surface area (Å²) in [5, 5.41) is 7.88. The normalized spacial score (nSPS) is 17.8. The van der Waals surface area contributed by atoms with Gasteiger partial charge in [0.05, 0.1) is 0 Å². The zero-order valence-electron chi connectivity index (χ0n) is 10.1. The summed E-state index contributed by atoms with van der Waals surface area (Å²) in [6, 6.07) is 0. The number of carboxylic acids is 1. The molecule has 10 nitrogen and oxygen atoms in total. The van der Waals surface area contributed by atoms with E-state index in [2.05, 4.69) is 0 Å². The van der Waals surface area contributed by atoms with Gasteiger partial charge in [-0.15, -0.1) is 0 Å². The van der Waals surface area contributed by atoms with Gasteiger partial charge in [0.15, 0.2) is 0 Å². The largest absolute Gasteiger partial charge is 0.479 e. The van der Waals surface area contributed by atoms with Crippen LogP contribution >= 0.6 is 15.2 Å². The Labute approximate surface area is 109 Å². The highest BCUT2D eigenvalue weighted by molar-refractivity contribution is 7.58. The Balaban J connectivity index is 5.97. The third-order valence-electron chi connectivity index (χ3n) is 2.74. The van der Waals surface area contributed by atoms with E-state index < -0.39 is 38.5 Å². The fourth-order valence-corrected chi connectivity index (χ4v) is 5.02. The highest BCUT2D eigenvalue weighted by Crippen LogP contribution is 2.61. The van der Waals surface area contributed by atoms with Crippen LogP contribution in [0, 0.1) is 0 Å². The lowest BCUT2D eigenvalue weighted by Crippen LogP contribution is -2.58. The van der Waals surface area contributed by atoms with Crippen LogP contribution in [0.2, 0.25) is 0 Å². The maximum atomic E-state index is 11.5. The zero-order chi connectivity index (χ0) is 15.5. The Morgan fingerprint density at radius 3 is 2.00 bits per heavy atom. The molecule has 0 aromatic carbocycles. The molecule has 0 radical (unpaired) electrons. The summed E-state index contributed by atoms with van der Waals surface area (Å²) in [5.41, 5.74) is 3.08. The zero-order valence-corrected chi connectivity index (χ0v) is 11.9. The topological polar surface area (TPSA) is 190 Å². The minimum Gasteiger partial charge on any atom is -0.479 e. The van der Waals surface area contributed by atoms with E-state index in [0.29, 0.717) is 0 Å². The van der Waals surface area contributed by atoms with Gasteiger partial charge in [-0.05, 0) is 26.4 Å². The Morgan fingerprint density at radius 1 is 1.32 bits per heavy atom. The predicted octanol–water partition coefficient (Wildman–Crippen LogP) is -1.55. The van der Waals surface area contributed by atoms with Gasteiger partial charge in [-0.3, -0.25) is 14.4 Å². The van der Waals surface area contributed by atoms with Crippen molar-refractivity contribution in [2.24, 2.45) is 5.73 Å². The number of hydrogen-bond acceptors (Lipinski definition) is 5. The molecule has 0 saturated carbocycles. The van der Waals surface area contributed by atoms with Gasteiger partial charge in [-0.25, -0.2) is 4.79 Å². The number of nitrogens with two attached hydrogens (primary N) is 1. The SMILES string of the molecule is CN[C@](C(=O)O)(C(CCCN)P(=O)(O)O)P(=O)(O)O. The molecule has 0 fully saturated rings. The number of carbonyl (C=O) groups is 1. The summed E-state index contributed by atoms with van der Waals surface area (Å²) in [6.45, 7) is -0.00290. The van der Waals surface area contributed by atoms with Crippen molar-refractivity contribution in [1.82, 2.24) is 5.32 Å². The lowest BCUT2D eigenvalue weighted by Gasteiger charge is -2.37. The second kappa shape index (κ2) is 6.43. The molecule has 8 N–H and O–H groups in total. The number of likely N-dealkylation sites (N-methyl/N-ethyl adjacent to an activating group) is 1. The van der Waals surface area contributed by atoms with E-state index in [-0.39, 0.29) is 13.0 Å². The van der Waals surface area contributed by atoms with Gasteiger partial charge in [0, 0.05) is 0 Å². The fraction of sp³-hybridized carbons (Fsp3) is 0.857. The Bertz CT molecular complexity index is 417. The van der Waals surface area contributed by atoms with Gasteiger partial charge in [-0.2, -0.15) is 0 Å². The van der Waals surface area contributed by atoms with Gasteiger partial charge in [0.1, 0.15) is 5.66 Å². The molecule has 0 aromatic rings. The molecule has 12 heteroatoms. The minimum atomic E-state index is -5.40. The maximum absolute atomic E-state index is 11.5. The molecule has 0 aliphatic carbocycles. The highest BCUT2D eigenvalue weighted by Gasteiger charge is 2.63. The molecule has 0 aromatic heterocycles. The third kappa shape index (κ3) is 3.84. The molecule has 0 amide bonds. The molecule has 1 unspecified atom stereocenters. The lowest BCUT2D eigenvalue weighted by molar-refractivity contribution is -0.142. The van der Waals surface area contributed by atoms with Gasteiger partial charge < -0.3 is 30.4 Å². The van der Waals surface area contributed by atoms with Gasteiger partial charge in [-0.1, -0.05) is 0 Å². The molecular weight excluding hydrogens is 302 g/mol. The first-order chi connectivity index (χ1) is 8.45. The summed E-state index contributed by atoms with van der Waals surface area (Å²) in [7, 11) is -9.57. The maximum Gasteiger partial charge on any atom is 0.357 e. The van der Waals surface area contributed by atoms with Crippen LogP contribution in [-0.2, 0) is 13.9 Å². The van der Waals surface area contributed by atoms with Crippen LogP contribution in [0.5, 0.6) is 0 Å². The summed E-state index contributed by atoms with van der Waals surface area (Å²) in [5.74, 6) is -2.03. The van der Waals surface area contributed by atoms with Crippen LogP contribution in [0.25, 0.3) is 0 Å². The van der Waals surface area contributed by atoms with Crippen molar-refractivity contribution in [1.29, 1.82) is 0 Å². The molecule has 0 heterocycles. The highest BCUT2D eigenvalue weighted by atomic mass is 31.2. The Hall–Kier alpha value is -0.310. The predicted molar refractivity (Wildman–Crippen MR) is 65.6 cm³/mol. The summed E-state index contributed by atoms with van der Waals surface area (Å²) < 4.78 is 22.9. The van der Waals surface area contributed by atoms with Crippen molar-refractivity contribution in [3.05, 3.63) is 0 Å². The first kappa shape index (κ1) is 18.7. The van der Waals surface area contributed by atoms with Crippen LogP contribution in [0.3, 0.4) is 0 Å². The van der Waals surface area contributed by atoms with Crippen molar-refractivity contribution in [3.63, 3.8) is 0 Å². The van der Waals surface area contributed by atoms with Crippen molar-refractivity contribution in [2.45, 2.75) is 23.8 Å². The van der Waals surface area contributed by atoms with Gasteiger partial charge in [0.2, 0.25) is 5.28 Å². The fourth-order valence-electron chi connectivity index (χ4n) is 1.81. The van der Waals surface area contributed by atoms with E-state index in [4.69, 9.17) is 10.8 Å². The molecular formula is C7H18N2O8P2. The second-order valence-electron chi connectivity index (χ2n) is 3.90. The van der Waals surface area contributed by atoms with E-state index in [1.165, 1.54) is 0 Å². The van der Waals surface area contributed by atoms with E-state index in [1.54, 1.807) is 0 Å². The quantitative estimate of drug-likeness (QED) is 0.258. The molecule has 0 rings (SSSR count). The first-order valence-electron chi connectivity index (χ1n) is 5.18. The van der Waals surface area contributed by atoms with Gasteiger partial charge >= 0.3 is 21.2 Å². The molecule has 2 atom stereocenters. The smallest absolute Gasteiger partial charge is 0.357 e. The van der Waals surface area contributed by atoms with E-state index >= 15 is 0 Å². The molecule has 0 aliphatic rings. The average molecular weight is 320 g/mol. The summed E-state index contributed by atoms with van der Waals surface area (Å²) >= 11 is 0.